The highest BCUT2D eigenvalue weighted by Gasteiger charge is 2.51. The van der Waals surface area contributed by atoms with Gasteiger partial charge in [-0.3, -0.25) is 13.8 Å². The highest BCUT2D eigenvalue weighted by atomic mass is 32.2. The van der Waals surface area contributed by atoms with Gasteiger partial charge >= 0.3 is 11.9 Å². The molecule has 66 heavy (non-hydrogen) atoms. The van der Waals surface area contributed by atoms with E-state index in [9.17, 15) is 48.4 Å². The Hall–Kier alpha value is -3.57. The lowest BCUT2D eigenvalue weighted by atomic mass is 9.80. The summed E-state index contributed by atoms with van der Waals surface area (Å²) in [5, 5.41) is 60.0. The fourth-order valence-corrected chi connectivity index (χ4v) is 10.7. The van der Waals surface area contributed by atoms with Crippen molar-refractivity contribution in [3.63, 3.8) is 0 Å². The van der Waals surface area contributed by atoms with Crippen molar-refractivity contribution in [2.75, 3.05) is 26.0 Å². The molecule has 2 fully saturated rings. The second kappa shape index (κ2) is 21.0. The van der Waals surface area contributed by atoms with Crippen molar-refractivity contribution in [3.05, 3.63) is 45.2 Å². The Balaban J connectivity index is 1.21. The van der Waals surface area contributed by atoms with Crippen LogP contribution in [0.4, 0.5) is 0 Å². The van der Waals surface area contributed by atoms with Gasteiger partial charge in [0, 0.05) is 43.6 Å². The van der Waals surface area contributed by atoms with Gasteiger partial charge in [0.05, 0.1) is 59.0 Å². The molecular weight excluding hydrogens is 883 g/mol. The summed E-state index contributed by atoms with van der Waals surface area (Å²) in [7, 11) is -2.72. The molecule has 11 atom stereocenters. The Morgan fingerprint density at radius 3 is 2.39 bits per heavy atom. The number of hydrogen-bond donors (Lipinski definition) is 6. The van der Waals surface area contributed by atoms with Gasteiger partial charge in [0.25, 0.3) is 10.1 Å². The third-order valence-corrected chi connectivity index (χ3v) is 14.8. The summed E-state index contributed by atoms with van der Waals surface area (Å²) < 4.78 is 64.9. The number of cyclic esters (lactones) is 1. The molecule has 3 aliphatic rings. The molecule has 6 N–H and O–H groups in total. The Kier molecular flexibility index (Phi) is 17.0. The first-order valence-electron chi connectivity index (χ1n) is 22.8. The number of benzene rings is 1. The number of hydrogen-bond acceptors (Lipinski definition) is 17. The van der Waals surface area contributed by atoms with Crippen LogP contribution >= 0.6 is 0 Å². The van der Waals surface area contributed by atoms with Gasteiger partial charge in [-0.2, -0.15) is 8.42 Å². The molecule has 0 spiro atoms. The average Bonchev–Trinajstić information content (AvgIpc) is 3.23. The monoisotopic (exact) mass is 953 g/mol. The van der Waals surface area contributed by atoms with Crippen LogP contribution in [-0.4, -0.2) is 136 Å². The maximum atomic E-state index is 13.8. The summed E-state index contributed by atoms with van der Waals surface area (Å²) >= 11 is 0. The molecule has 2 aromatic rings. The van der Waals surface area contributed by atoms with Crippen LogP contribution in [0.1, 0.15) is 129 Å². The number of aryl methyl sites for hydroxylation is 1. The van der Waals surface area contributed by atoms with Crippen molar-refractivity contribution in [2.24, 2.45) is 17.0 Å². The second-order valence-corrected chi connectivity index (χ2v) is 21.3. The van der Waals surface area contributed by atoms with E-state index >= 15 is 0 Å². The number of nitrogens with one attached hydrogen (secondary N) is 1. The van der Waals surface area contributed by atoms with E-state index in [0.717, 1.165) is 11.1 Å². The number of aromatic carboxylic acids is 1. The summed E-state index contributed by atoms with van der Waals surface area (Å²) in [6.45, 7) is 15.8. The molecule has 5 rings (SSSR count). The molecule has 372 valence electrons. The van der Waals surface area contributed by atoms with Gasteiger partial charge in [0.2, 0.25) is 5.43 Å². The number of oxime groups is 1. The number of carboxylic acid groups (broad SMARTS) is 1. The SMILES string of the molecule is CC[C@H]1OC(=O)[C@H](C)[C@@H](O[C@H]2C[C@@](C)(OC)[C@@H](OS(=O)(=O)CCNCCCc3cc4c5c(c3)c(=O)c(C(=O)O)cn5C(C)(C)OC4)[C@H](C)O2)[C@H](C)C[C@](C)(O)CC/C(=N\O)C[C@@H](O)[C@]1(C)O. The molecule has 2 saturated heterocycles. The van der Waals surface area contributed by atoms with Crippen LogP contribution in [0.5, 0.6) is 0 Å². The van der Waals surface area contributed by atoms with Crippen molar-refractivity contribution in [2.45, 2.75) is 180 Å². The molecule has 0 saturated carbocycles. The van der Waals surface area contributed by atoms with Gasteiger partial charge < -0.3 is 59.2 Å². The molecule has 0 unspecified atom stereocenters. The molecule has 20 heteroatoms. The number of aliphatic hydroxyl groups is 3. The number of ether oxygens (including phenoxy) is 5. The first kappa shape index (κ1) is 53.4. The number of aromatic nitrogens is 1. The second-order valence-electron chi connectivity index (χ2n) is 19.6. The predicted octanol–water partition coefficient (Wildman–Crippen LogP) is 3.95. The number of carboxylic acids is 1. The van der Waals surface area contributed by atoms with Gasteiger partial charge in [-0.25, -0.2) is 4.79 Å². The van der Waals surface area contributed by atoms with Crippen molar-refractivity contribution in [1.29, 1.82) is 0 Å². The van der Waals surface area contributed by atoms with Crippen molar-refractivity contribution >= 4 is 38.7 Å². The van der Waals surface area contributed by atoms with E-state index in [-0.39, 0.29) is 68.7 Å². The minimum Gasteiger partial charge on any atom is -0.477 e. The smallest absolute Gasteiger partial charge is 0.341 e. The molecule has 19 nitrogen and oxygen atoms in total. The summed E-state index contributed by atoms with van der Waals surface area (Å²) in [5.74, 6) is -3.86. The first-order valence-corrected chi connectivity index (χ1v) is 24.4. The molecular formula is C46H71N3O16S. The standard InChI is InChI=1S/C46H71N3O16S/c1-11-35-46(9,56)34(50)21-31(48-57)14-15-44(7,55)22-26(2)39(27(3)42(54)63-35)64-36-23-45(8,60-10)40(28(4)62-36)65-66(58,59)18-17-47-16-12-13-29-19-30-25-61-43(5,6)49-24-33(41(52)53)38(51)32(20-29)37(30)49/h19-20,24,26-28,34-36,39-40,47,50,55-57H,11-18,21-23,25H2,1-10H3,(H,52,53)/b48-31+/t26-,27-,28+,34-,35-,36+,39+,40+,44-,45-,46+/m1/s1. The lowest BCUT2D eigenvalue weighted by Gasteiger charge is -2.47. The zero-order valence-corrected chi connectivity index (χ0v) is 40.7. The van der Waals surface area contributed by atoms with E-state index in [4.69, 9.17) is 27.9 Å². The normalized spacial score (nSPS) is 34.2. The average molecular weight is 954 g/mol. The number of nitrogens with zero attached hydrogens (tertiary/aromatic N) is 2. The largest absolute Gasteiger partial charge is 0.477 e. The van der Waals surface area contributed by atoms with Crippen LogP contribution in [0, 0.1) is 11.8 Å². The maximum Gasteiger partial charge on any atom is 0.341 e. The topological polar surface area (TPSA) is 271 Å². The van der Waals surface area contributed by atoms with Gasteiger partial charge in [-0.1, -0.05) is 25.1 Å². The van der Waals surface area contributed by atoms with Crippen molar-refractivity contribution in [3.8, 4) is 0 Å². The maximum absolute atomic E-state index is 13.8. The molecule has 4 heterocycles. The minimum absolute atomic E-state index is 0.00566. The van der Waals surface area contributed by atoms with Gasteiger partial charge in [-0.05, 0) is 111 Å². The van der Waals surface area contributed by atoms with Crippen LogP contribution < -0.4 is 10.7 Å². The number of carbonyl (C=O) groups is 2. The lowest BCUT2D eigenvalue weighted by Crippen LogP contribution is -2.59. The highest BCUT2D eigenvalue weighted by molar-refractivity contribution is 7.86. The molecule has 0 bridgehead atoms. The van der Waals surface area contributed by atoms with Crippen LogP contribution in [0.3, 0.4) is 0 Å². The van der Waals surface area contributed by atoms with Crippen LogP contribution in [0.2, 0.25) is 0 Å². The summed E-state index contributed by atoms with van der Waals surface area (Å²) in [6, 6.07) is 3.66. The molecule has 3 aliphatic heterocycles. The molecule has 1 aromatic heterocycles. The van der Waals surface area contributed by atoms with Crippen LogP contribution in [0.25, 0.3) is 10.9 Å². The van der Waals surface area contributed by atoms with E-state index in [1.54, 1.807) is 59.1 Å². The number of pyridine rings is 1. The number of methoxy groups -OCH3 is 1. The first-order chi connectivity index (χ1) is 30.7. The Morgan fingerprint density at radius 1 is 1.06 bits per heavy atom. The minimum atomic E-state index is -4.14. The molecule has 0 amide bonds. The van der Waals surface area contributed by atoms with Crippen LogP contribution in [0.15, 0.2) is 28.3 Å². The van der Waals surface area contributed by atoms with Crippen LogP contribution in [-0.2, 0) is 61.5 Å². The lowest BCUT2D eigenvalue weighted by molar-refractivity contribution is -0.291. The van der Waals surface area contributed by atoms with Gasteiger partial charge in [0.15, 0.2) is 6.29 Å². The highest BCUT2D eigenvalue weighted by Crippen LogP contribution is 2.39. The number of carbonyl (C=O) groups excluding carboxylic acids is 1. The Labute approximate surface area is 386 Å². The third-order valence-electron chi connectivity index (χ3n) is 13.6. The predicted molar refractivity (Wildman–Crippen MR) is 242 cm³/mol. The van der Waals surface area contributed by atoms with E-state index in [1.807, 2.05) is 13.0 Å². The van der Waals surface area contributed by atoms with E-state index in [2.05, 4.69) is 10.5 Å². The zero-order valence-electron chi connectivity index (χ0n) is 39.9. The van der Waals surface area contributed by atoms with Crippen molar-refractivity contribution in [1.82, 2.24) is 9.88 Å². The van der Waals surface area contributed by atoms with E-state index in [0.29, 0.717) is 30.3 Å². The quantitative estimate of drug-likeness (QED) is 0.0515. The molecule has 0 radical (unpaired) electrons. The Bertz CT molecular complexity index is 2260. The van der Waals surface area contributed by atoms with E-state index < -0.39 is 98.7 Å². The number of aliphatic hydroxyl groups excluding tert-OH is 1. The Morgan fingerprint density at radius 2 is 1.76 bits per heavy atom. The van der Waals surface area contributed by atoms with E-state index in [1.165, 1.54) is 20.2 Å². The third kappa shape index (κ3) is 12.2. The molecule has 0 aliphatic carbocycles. The van der Waals surface area contributed by atoms with Gasteiger partial charge in [0.1, 0.15) is 29.1 Å². The van der Waals surface area contributed by atoms with Crippen molar-refractivity contribution < 1.29 is 71.5 Å². The fraction of sp³-hybridized carbons (Fsp3) is 0.739. The summed E-state index contributed by atoms with van der Waals surface area (Å²) in [4.78, 5) is 39.0. The summed E-state index contributed by atoms with van der Waals surface area (Å²) in [5.41, 5.74) is -3.87. The molecule has 1 aromatic carbocycles. The van der Waals surface area contributed by atoms with Gasteiger partial charge in [-0.15, -0.1) is 0 Å². The zero-order chi connectivity index (χ0) is 49.2. The summed E-state index contributed by atoms with van der Waals surface area (Å²) in [6.07, 6.45) is -3.73. The number of esters is 1. The fourth-order valence-electron chi connectivity index (χ4n) is 9.56. The number of rotatable bonds is 14.